The summed E-state index contributed by atoms with van der Waals surface area (Å²) in [5.74, 6) is 0. The molecular formula is C11H15ClF3NS. The highest BCUT2D eigenvalue weighted by atomic mass is 35.5. The summed E-state index contributed by atoms with van der Waals surface area (Å²) in [5, 5.41) is 3.14. The Kier molecular flexibility index (Phi) is 4.49. The highest BCUT2D eigenvalue weighted by Crippen LogP contribution is 2.43. The molecule has 0 saturated carbocycles. The minimum atomic E-state index is -4.19. The predicted octanol–water partition coefficient (Wildman–Crippen LogP) is 3.57. The van der Waals surface area contributed by atoms with Gasteiger partial charge in [-0.25, -0.2) is 0 Å². The number of nitrogens with one attached hydrogen (secondary N) is 1. The van der Waals surface area contributed by atoms with Crippen molar-refractivity contribution in [1.82, 2.24) is 5.32 Å². The van der Waals surface area contributed by atoms with Gasteiger partial charge < -0.3 is 5.32 Å². The zero-order valence-corrected chi connectivity index (χ0v) is 11.3. The monoisotopic (exact) mass is 285 g/mol. The SMILES string of the molecule is CNC1CCc2c(C(F)(F)F)sc(C)c2C1.Cl. The highest BCUT2D eigenvalue weighted by Gasteiger charge is 2.38. The second-order valence-electron chi connectivity index (χ2n) is 4.17. The molecule has 0 saturated heterocycles. The number of halogens is 4. The van der Waals surface area contributed by atoms with Crippen molar-refractivity contribution in [2.45, 2.75) is 38.4 Å². The van der Waals surface area contributed by atoms with Gasteiger partial charge in [-0.1, -0.05) is 0 Å². The van der Waals surface area contributed by atoms with Crippen LogP contribution in [-0.2, 0) is 19.0 Å². The van der Waals surface area contributed by atoms with E-state index in [-0.39, 0.29) is 17.3 Å². The molecule has 1 N–H and O–H groups in total. The molecule has 0 aliphatic heterocycles. The molecule has 0 amide bonds. The standard InChI is InChI=1S/C11H14F3NS.ClH/c1-6-9-5-7(15-2)3-4-8(9)10(16-6)11(12,13)14;/h7,15H,3-5H2,1-2H3;1H. The van der Waals surface area contributed by atoms with Crippen LogP contribution in [0.15, 0.2) is 0 Å². The van der Waals surface area contributed by atoms with Crippen LogP contribution in [-0.4, -0.2) is 13.1 Å². The summed E-state index contributed by atoms with van der Waals surface area (Å²) in [7, 11) is 1.86. The van der Waals surface area contributed by atoms with E-state index in [1.165, 1.54) is 0 Å². The van der Waals surface area contributed by atoms with E-state index < -0.39 is 6.18 Å². The molecule has 1 heterocycles. The summed E-state index contributed by atoms with van der Waals surface area (Å²) in [6.45, 7) is 1.79. The van der Waals surface area contributed by atoms with Gasteiger partial charge in [-0.15, -0.1) is 23.7 Å². The number of fused-ring (bicyclic) bond motifs is 1. The van der Waals surface area contributed by atoms with Gasteiger partial charge in [-0.2, -0.15) is 13.2 Å². The van der Waals surface area contributed by atoms with Crippen molar-refractivity contribution in [3.8, 4) is 0 Å². The fraction of sp³-hybridized carbons (Fsp3) is 0.636. The van der Waals surface area contributed by atoms with E-state index in [0.29, 0.717) is 18.0 Å². The van der Waals surface area contributed by atoms with E-state index in [2.05, 4.69) is 5.32 Å². The summed E-state index contributed by atoms with van der Waals surface area (Å²) in [6.07, 6.45) is -2.12. The van der Waals surface area contributed by atoms with Gasteiger partial charge in [0.05, 0.1) is 0 Å². The third-order valence-electron chi connectivity index (χ3n) is 3.18. The summed E-state index contributed by atoms with van der Waals surface area (Å²) < 4.78 is 38.3. The minimum Gasteiger partial charge on any atom is -0.317 e. The lowest BCUT2D eigenvalue weighted by atomic mass is 9.88. The van der Waals surface area contributed by atoms with Crippen molar-refractivity contribution in [3.63, 3.8) is 0 Å². The van der Waals surface area contributed by atoms with Crippen LogP contribution in [0.4, 0.5) is 13.2 Å². The molecule has 1 aliphatic carbocycles. The molecule has 0 aromatic carbocycles. The number of alkyl halides is 3. The Hall–Kier alpha value is -0.260. The molecule has 2 rings (SSSR count). The van der Waals surface area contributed by atoms with E-state index in [9.17, 15) is 13.2 Å². The molecule has 0 spiro atoms. The van der Waals surface area contributed by atoms with Crippen molar-refractivity contribution in [2.24, 2.45) is 0 Å². The lowest BCUT2D eigenvalue weighted by Crippen LogP contribution is -2.31. The van der Waals surface area contributed by atoms with Crippen LogP contribution < -0.4 is 5.32 Å². The highest BCUT2D eigenvalue weighted by molar-refractivity contribution is 7.12. The van der Waals surface area contributed by atoms with Crippen LogP contribution in [0.25, 0.3) is 0 Å². The Morgan fingerprint density at radius 3 is 2.47 bits per heavy atom. The molecule has 6 heteroatoms. The molecule has 0 radical (unpaired) electrons. The van der Waals surface area contributed by atoms with E-state index in [1.807, 2.05) is 7.05 Å². The molecule has 98 valence electrons. The molecule has 1 nitrogen and oxygen atoms in total. The Morgan fingerprint density at radius 1 is 1.29 bits per heavy atom. The topological polar surface area (TPSA) is 12.0 Å². The number of aryl methyl sites for hydroxylation is 1. The van der Waals surface area contributed by atoms with Crippen molar-refractivity contribution in [3.05, 3.63) is 20.9 Å². The lowest BCUT2D eigenvalue weighted by Gasteiger charge is -2.23. The van der Waals surface area contributed by atoms with Crippen LogP contribution >= 0.6 is 23.7 Å². The zero-order valence-electron chi connectivity index (χ0n) is 9.65. The molecule has 1 unspecified atom stereocenters. The molecule has 1 aromatic rings. The van der Waals surface area contributed by atoms with Crippen molar-refractivity contribution < 1.29 is 13.2 Å². The molecule has 0 fully saturated rings. The molecule has 1 aromatic heterocycles. The molecule has 1 aliphatic rings. The first-order valence-corrected chi connectivity index (χ1v) is 6.10. The van der Waals surface area contributed by atoms with Crippen LogP contribution in [0.2, 0.25) is 0 Å². The van der Waals surface area contributed by atoms with Crippen LogP contribution in [0.3, 0.4) is 0 Å². The number of thiophene rings is 1. The van der Waals surface area contributed by atoms with Gasteiger partial charge >= 0.3 is 6.18 Å². The summed E-state index contributed by atoms with van der Waals surface area (Å²) in [6, 6.07) is 0.321. The maximum atomic E-state index is 12.8. The van der Waals surface area contributed by atoms with Crippen molar-refractivity contribution in [1.29, 1.82) is 0 Å². The Bertz CT molecular complexity index is 400. The van der Waals surface area contributed by atoms with Gasteiger partial charge in [-0.05, 0) is 44.4 Å². The number of likely N-dealkylation sites (N-methyl/N-ethyl adjacent to an activating group) is 1. The average molecular weight is 286 g/mol. The van der Waals surface area contributed by atoms with E-state index in [0.717, 1.165) is 34.6 Å². The van der Waals surface area contributed by atoms with Gasteiger partial charge in [0.15, 0.2) is 0 Å². The number of rotatable bonds is 1. The Morgan fingerprint density at radius 2 is 1.94 bits per heavy atom. The molecular weight excluding hydrogens is 271 g/mol. The summed E-state index contributed by atoms with van der Waals surface area (Å²) >= 11 is 0.897. The van der Waals surface area contributed by atoms with Gasteiger partial charge in [-0.3, -0.25) is 0 Å². The fourth-order valence-electron chi connectivity index (χ4n) is 2.30. The van der Waals surface area contributed by atoms with Crippen molar-refractivity contribution in [2.75, 3.05) is 7.05 Å². The average Bonchev–Trinajstić information content (AvgIpc) is 2.55. The third-order valence-corrected chi connectivity index (χ3v) is 4.41. The second kappa shape index (κ2) is 5.16. The molecule has 1 atom stereocenters. The maximum Gasteiger partial charge on any atom is 0.425 e. The first-order chi connectivity index (χ1) is 7.43. The van der Waals surface area contributed by atoms with Gasteiger partial charge in [0.1, 0.15) is 4.88 Å². The minimum absolute atomic E-state index is 0. The van der Waals surface area contributed by atoms with E-state index >= 15 is 0 Å². The summed E-state index contributed by atoms with van der Waals surface area (Å²) in [5.41, 5.74) is 1.46. The first-order valence-electron chi connectivity index (χ1n) is 5.29. The largest absolute Gasteiger partial charge is 0.425 e. The van der Waals surface area contributed by atoms with Crippen LogP contribution in [0.5, 0.6) is 0 Å². The van der Waals surface area contributed by atoms with E-state index in [4.69, 9.17) is 0 Å². The number of hydrogen-bond donors (Lipinski definition) is 1. The van der Waals surface area contributed by atoms with Gasteiger partial charge in [0.2, 0.25) is 0 Å². The van der Waals surface area contributed by atoms with Crippen LogP contribution in [0, 0.1) is 6.92 Å². The molecule has 17 heavy (non-hydrogen) atoms. The quantitative estimate of drug-likeness (QED) is 0.832. The summed E-state index contributed by atoms with van der Waals surface area (Å²) in [4.78, 5) is 0.442. The lowest BCUT2D eigenvalue weighted by molar-refractivity contribution is -0.135. The van der Waals surface area contributed by atoms with E-state index in [1.54, 1.807) is 6.92 Å². The fourth-order valence-corrected chi connectivity index (χ4v) is 3.40. The smallest absolute Gasteiger partial charge is 0.317 e. The van der Waals surface area contributed by atoms with Gasteiger partial charge in [0, 0.05) is 10.9 Å². The first kappa shape index (κ1) is 14.8. The zero-order chi connectivity index (χ0) is 11.9. The molecule has 0 bridgehead atoms. The van der Waals surface area contributed by atoms with Crippen LogP contribution in [0.1, 0.15) is 27.3 Å². The second-order valence-corrected chi connectivity index (χ2v) is 5.40. The van der Waals surface area contributed by atoms with Crippen molar-refractivity contribution >= 4 is 23.7 Å². The normalized spacial score (nSPS) is 19.7. The third kappa shape index (κ3) is 2.77. The Labute approximate surface area is 109 Å². The number of hydrogen-bond acceptors (Lipinski definition) is 2. The predicted molar refractivity (Wildman–Crippen MR) is 66.2 cm³/mol. The Balaban J connectivity index is 0.00000144. The van der Waals surface area contributed by atoms with Gasteiger partial charge in [0.25, 0.3) is 0 Å². The maximum absolute atomic E-state index is 12.8.